The van der Waals surface area contributed by atoms with Crippen molar-refractivity contribution in [1.29, 1.82) is 0 Å². The fourth-order valence-electron chi connectivity index (χ4n) is 4.43. The van der Waals surface area contributed by atoms with Crippen LogP contribution in [0.4, 0.5) is 5.69 Å². The predicted octanol–water partition coefficient (Wildman–Crippen LogP) is 4.34. The number of carbonyl (C=O) groups excluding carboxylic acids is 2. The second-order valence-electron chi connectivity index (χ2n) is 7.87. The van der Waals surface area contributed by atoms with Gasteiger partial charge in [-0.2, -0.15) is 0 Å². The summed E-state index contributed by atoms with van der Waals surface area (Å²) in [5.74, 6) is -0.432. The van der Waals surface area contributed by atoms with E-state index in [1.165, 1.54) is 0 Å². The van der Waals surface area contributed by atoms with Crippen LogP contribution in [0.2, 0.25) is 0 Å². The molecule has 30 heavy (non-hydrogen) atoms. The number of esters is 1. The number of nitrogens with one attached hydrogen (secondary N) is 1. The Morgan fingerprint density at radius 2 is 1.83 bits per heavy atom. The molecular formula is C24H21N3O3. The lowest BCUT2D eigenvalue weighted by atomic mass is 9.75. The zero-order valence-electron chi connectivity index (χ0n) is 16.4. The van der Waals surface area contributed by atoms with Crippen LogP contribution in [-0.2, 0) is 15.1 Å². The normalized spacial score (nSPS) is 22.4. The maximum Gasteiger partial charge on any atom is 0.339 e. The van der Waals surface area contributed by atoms with E-state index in [4.69, 9.17) is 4.74 Å². The molecule has 1 N–H and O–H groups in total. The molecule has 2 aliphatic rings. The van der Waals surface area contributed by atoms with Crippen LogP contribution >= 0.6 is 0 Å². The summed E-state index contributed by atoms with van der Waals surface area (Å²) in [5, 5.41) is 2.98. The van der Waals surface area contributed by atoms with Crippen LogP contribution in [0.5, 0.6) is 0 Å². The summed E-state index contributed by atoms with van der Waals surface area (Å²) in [4.78, 5) is 33.6. The monoisotopic (exact) mass is 399 g/mol. The molecule has 3 aromatic rings. The number of ether oxygens (including phenoxy) is 1. The Hall–Kier alpha value is -3.54. The van der Waals surface area contributed by atoms with E-state index >= 15 is 0 Å². The van der Waals surface area contributed by atoms with Crippen LogP contribution in [0.3, 0.4) is 0 Å². The first-order valence-electron chi connectivity index (χ1n) is 10.1. The van der Waals surface area contributed by atoms with Crippen molar-refractivity contribution < 1.29 is 14.3 Å². The van der Waals surface area contributed by atoms with Gasteiger partial charge in [0.05, 0.1) is 23.1 Å². The first-order chi connectivity index (χ1) is 14.6. The topological polar surface area (TPSA) is 81.2 Å². The van der Waals surface area contributed by atoms with E-state index in [2.05, 4.69) is 15.3 Å². The number of rotatable bonds is 3. The zero-order chi connectivity index (χ0) is 20.6. The molecule has 1 fully saturated rings. The van der Waals surface area contributed by atoms with E-state index in [9.17, 15) is 9.59 Å². The largest absolute Gasteiger partial charge is 0.450 e. The Labute approximate surface area is 174 Å². The van der Waals surface area contributed by atoms with Gasteiger partial charge >= 0.3 is 5.97 Å². The Kier molecular flexibility index (Phi) is 4.54. The number of hydrogen-bond donors (Lipinski definition) is 1. The van der Waals surface area contributed by atoms with Gasteiger partial charge in [0.15, 0.2) is 0 Å². The van der Waals surface area contributed by atoms with Crippen molar-refractivity contribution in [1.82, 2.24) is 9.97 Å². The third kappa shape index (κ3) is 3.24. The molecule has 6 nitrogen and oxygen atoms in total. The van der Waals surface area contributed by atoms with Gasteiger partial charge in [-0.25, -0.2) is 4.79 Å². The third-order valence-corrected chi connectivity index (χ3v) is 6.08. The van der Waals surface area contributed by atoms with Crippen molar-refractivity contribution in [2.24, 2.45) is 5.92 Å². The number of pyridine rings is 2. The maximum absolute atomic E-state index is 12.8. The molecule has 3 heterocycles. The fourth-order valence-corrected chi connectivity index (χ4v) is 4.43. The summed E-state index contributed by atoms with van der Waals surface area (Å²) in [5.41, 5.74) is 3.40. The molecule has 0 atom stereocenters. The number of amides is 1. The van der Waals surface area contributed by atoms with Gasteiger partial charge in [-0.1, -0.05) is 30.3 Å². The van der Waals surface area contributed by atoms with Crippen LogP contribution in [0.15, 0.2) is 67.1 Å². The molecular weight excluding hydrogens is 378 g/mol. The molecule has 1 spiro atoms. The van der Waals surface area contributed by atoms with E-state index in [0.717, 1.165) is 16.8 Å². The van der Waals surface area contributed by atoms with E-state index in [1.54, 1.807) is 24.7 Å². The highest BCUT2D eigenvalue weighted by molar-refractivity contribution is 5.95. The Morgan fingerprint density at radius 3 is 2.57 bits per heavy atom. The van der Waals surface area contributed by atoms with Gasteiger partial charge in [0.1, 0.15) is 5.60 Å². The summed E-state index contributed by atoms with van der Waals surface area (Å²) in [6, 6.07) is 15.4. The Balaban J connectivity index is 1.23. The van der Waals surface area contributed by atoms with Crippen LogP contribution < -0.4 is 5.32 Å². The molecule has 1 amide bonds. The number of hydrogen-bond acceptors (Lipinski definition) is 5. The van der Waals surface area contributed by atoms with Crippen molar-refractivity contribution in [3.63, 3.8) is 0 Å². The second kappa shape index (κ2) is 7.37. The van der Waals surface area contributed by atoms with Crippen LogP contribution in [0.25, 0.3) is 11.3 Å². The predicted molar refractivity (Wildman–Crippen MR) is 112 cm³/mol. The summed E-state index contributed by atoms with van der Waals surface area (Å²) >= 11 is 0. The Morgan fingerprint density at radius 1 is 1.03 bits per heavy atom. The van der Waals surface area contributed by atoms with Gasteiger partial charge in [-0.05, 0) is 43.9 Å². The smallest absolute Gasteiger partial charge is 0.339 e. The number of nitrogens with zero attached hydrogens (tertiary/aromatic N) is 2. The molecule has 0 unspecified atom stereocenters. The van der Waals surface area contributed by atoms with Gasteiger partial charge in [0.25, 0.3) is 0 Å². The van der Waals surface area contributed by atoms with Crippen molar-refractivity contribution in [3.05, 3.63) is 78.2 Å². The van der Waals surface area contributed by atoms with Gasteiger partial charge < -0.3 is 10.1 Å². The number of aromatic nitrogens is 2. The zero-order valence-corrected chi connectivity index (χ0v) is 16.4. The minimum atomic E-state index is -0.629. The lowest BCUT2D eigenvalue weighted by molar-refractivity contribution is -0.122. The maximum atomic E-state index is 12.8. The lowest BCUT2D eigenvalue weighted by Crippen LogP contribution is -2.36. The first kappa shape index (κ1) is 18.5. The lowest BCUT2D eigenvalue weighted by Gasteiger charge is -2.35. The summed E-state index contributed by atoms with van der Waals surface area (Å²) in [7, 11) is 0. The van der Waals surface area contributed by atoms with Crippen LogP contribution in [-0.4, -0.2) is 21.8 Å². The highest BCUT2D eigenvalue weighted by atomic mass is 16.6. The van der Waals surface area contributed by atoms with E-state index in [0.29, 0.717) is 36.9 Å². The highest BCUT2D eigenvalue weighted by Gasteiger charge is 2.48. The molecule has 1 aromatic carbocycles. The van der Waals surface area contributed by atoms with Crippen molar-refractivity contribution in [2.75, 3.05) is 5.32 Å². The average Bonchev–Trinajstić information content (AvgIpc) is 3.07. The number of carbonyl (C=O) groups is 2. The van der Waals surface area contributed by atoms with Gasteiger partial charge in [0.2, 0.25) is 5.91 Å². The molecule has 1 aliphatic carbocycles. The van der Waals surface area contributed by atoms with Gasteiger partial charge in [-0.3, -0.25) is 14.8 Å². The number of anilines is 1. The summed E-state index contributed by atoms with van der Waals surface area (Å²) in [6.45, 7) is 0. The molecule has 0 bridgehead atoms. The third-order valence-electron chi connectivity index (χ3n) is 6.08. The molecule has 1 saturated carbocycles. The highest BCUT2D eigenvalue weighted by Crippen LogP contribution is 2.47. The SMILES string of the molecule is O=C1OC2(CCC(C(=O)Nc3ccc(-c4ccccc4)nc3)CC2)c2cnccc21. The molecule has 5 rings (SSSR count). The van der Waals surface area contributed by atoms with E-state index < -0.39 is 5.60 Å². The Bertz CT molecular complexity index is 1090. The van der Waals surface area contributed by atoms with Crippen molar-refractivity contribution >= 4 is 17.6 Å². The molecule has 0 radical (unpaired) electrons. The molecule has 0 saturated heterocycles. The molecule has 150 valence electrons. The number of fused-ring (bicyclic) bond motifs is 2. The quantitative estimate of drug-likeness (QED) is 0.663. The van der Waals surface area contributed by atoms with Gasteiger partial charge in [-0.15, -0.1) is 0 Å². The number of benzene rings is 1. The van der Waals surface area contributed by atoms with Crippen LogP contribution in [0, 0.1) is 5.92 Å². The molecule has 6 heteroatoms. The summed E-state index contributed by atoms with van der Waals surface area (Å²) in [6.07, 6.45) is 7.58. The minimum Gasteiger partial charge on any atom is -0.450 e. The average molecular weight is 399 g/mol. The molecule has 1 aliphatic heterocycles. The standard InChI is InChI=1S/C24H21N3O3/c28-22(27-18-6-7-21(26-14-18)16-4-2-1-3-5-16)17-8-11-24(12-9-17)20-15-25-13-10-19(20)23(29)30-24/h1-7,10,13-15,17H,8-9,11-12H2,(H,27,28). The summed E-state index contributed by atoms with van der Waals surface area (Å²) < 4.78 is 5.74. The fraction of sp³-hybridized carbons (Fsp3) is 0.250. The second-order valence-corrected chi connectivity index (χ2v) is 7.87. The first-order valence-corrected chi connectivity index (χ1v) is 10.1. The van der Waals surface area contributed by atoms with Gasteiger partial charge in [0, 0.05) is 29.4 Å². The minimum absolute atomic E-state index is 0.0187. The van der Waals surface area contributed by atoms with Crippen LogP contribution in [0.1, 0.15) is 41.6 Å². The molecule has 2 aromatic heterocycles. The van der Waals surface area contributed by atoms with E-state index in [-0.39, 0.29) is 17.8 Å². The van der Waals surface area contributed by atoms with E-state index in [1.807, 2.05) is 42.5 Å². The van der Waals surface area contributed by atoms with Crippen molar-refractivity contribution in [3.8, 4) is 11.3 Å². The van der Waals surface area contributed by atoms with Crippen molar-refractivity contribution in [2.45, 2.75) is 31.3 Å².